The Labute approximate surface area is 210 Å². The van der Waals surface area contributed by atoms with Crippen LogP contribution in [0.15, 0.2) is 36.4 Å². The molecule has 2 fully saturated rings. The number of carbonyl (C=O) groups is 6. The molecule has 0 radical (unpaired) electrons. The molecule has 0 bridgehead atoms. The van der Waals surface area contributed by atoms with E-state index in [-0.39, 0.29) is 5.56 Å². The highest BCUT2D eigenvalue weighted by molar-refractivity contribution is 6.31. The van der Waals surface area contributed by atoms with Gasteiger partial charge in [-0.25, -0.2) is 0 Å². The fourth-order valence-electron chi connectivity index (χ4n) is 6.47. The van der Waals surface area contributed by atoms with Crippen LogP contribution >= 0.6 is 0 Å². The highest BCUT2D eigenvalue weighted by atomic mass is 16.3. The van der Waals surface area contributed by atoms with Crippen molar-refractivity contribution in [2.75, 3.05) is 0 Å². The Morgan fingerprint density at radius 3 is 2.46 bits per heavy atom. The molecular weight excluding hydrogens is 482 g/mol. The van der Waals surface area contributed by atoms with Crippen LogP contribution in [0.3, 0.4) is 0 Å². The zero-order valence-electron chi connectivity index (χ0n) is 19.6. The number of aliphatic hydroxyl groups is 2. The van der Waals surface area contributed by atoms with Gasteiger partial charge in [-0.3, -0.25) is 28.8 Å². The Morgan fingerprint density at radius 2 is 1.81 bits per heavy atom. The van der Waals surface area contributed by atoms with Crippen LogP contribution in [-0.2, 0) is 19.2 Å². The maximum atomic E-state index is 13.8. The lowest BCUT2D eigenvalue weighted by Crippen LogP contribution is -2.72. The largest absolute Gasteiger partial charge is 0.507 e. The number of amides is 1. The number of fused-ring (bicyclic) bond motifs is 3. The van der Waals surface area contributed by atoms with Crippen LogP contribution in [0.2, 0.25) is 0 Å². The van der Waals surface area contributed by atoms with E-state index in [9.17, 15) is 44.1 Å². The molecule has 2 unspecified atom stereocenters. The minimum atomic E-state index is -2.97. The van der Waals surface area contributed by atoms with Gasteiger partial charge in [-0.05, 0) is 34.7 Å². The summed E-state index contributed by atoms with van der Waals surface area (Å²) in [5, 5.41) is 33.4. The highest BCUT2D eigenvalue weighted by Gasteiger charge is 2.70. The van der Waals surface area contributed by atoms with E-state index in [4.69, 9.17) is 5.73 Å². The molecule has 3 aliphatic rings. The van der Waals surface area contributed by atoms with E-state index in [1.807, 2.05) is 0 Å². The van der Waals surface area contributed by atoms with Gasteiger partial charge in [0.15, 0.2) is 34.7 Å². The standard InChI is InChI=1S/C27H23NO9/c1-10-17-13(12-4-2-3-11(7-12)9-29)5-6-15(30)19(17)23(33)21-18(10)22(32)14-8-16(31)20(26(28)36)24(34)27(14,37)25(21)35/h2-7,9-10,14,18,20-22,30,32,37H,8H2,1H3,(H2,28,36)/t10-,14+,18+,20?,21?,22+,27+/m0/s1. The van der Waals surface area contributed by atoms with Crippen LogP contribution in [0, 0.1) is 23.7 Å². The van der Waals surface area contributed by atoms with Crippen molar-refractivity contribution >= 4 is 35.3 Å². The van der Waals surface area contributed by atoms with E-state index in [1.54, 1.807) is 37.3 Å². The van der Waals surface area contributed by atoms with Crippen LogP contribution < -0.4 is 5.73 Å². The van der Waals surface area contributed by atoms with E-state index in [1.165, 1.54) is 6.07 Å². The predicted molar refractivity (Wildman–Crippen MR) is 125 cm³/mol. The van der Waals surface area contributed by atoms with Gasteiger partial charge in [0, 0.05) is 23.8 Å². The van der Waals surface area contributed by atoms with Crippen molar-refractivity contribution in [1.82, 2.24) is 0 Å². The molecule has 0 aliphatic heterocycles. The summed E-state index contributed by atoms with van der Waals surface area (Å²) in [6.45, 7) is 1.63. The fourth-order valence-corrected chi connectivity index (χ4v) is 6.47. The summed E-state index contributed by atoms with van der Waals surface area (Å²) < 4.78 is 0. The van der Waals surface area contributed by atoms with Crippen LogP contribution in [0.1, 0.15) is 45.5 Å². The van der Waals surface area contributed by atoms with E-state index in [0.29, 0.717) is 28.5 Å². The van der Waals surface area contributed by atoms with Gasteiger partial charge in [0.1, 0.15) is 12.0 Å². The topological polar surface area (TPSA) is 189 Å². The number of aliphatic hydroxyl groups excluding tert-OH is 1. The molecule has 10 nitrogen and oxygen atoms in total. The lowest BCUT2D eigenvalue weighted by Gasteiger charge is -2.53. The molecule has 10 heteroatoms. The minimum absolute atomic E-state index is 0.198. The molecule has 5 N–H and O–H groups in total. The zero-order valence-corrected chi connectivity index (χ0v) is 19.6. The average molecular weight is 505 g/mol. The number of aromatic hydroxyl groups is 1. The maximum absolute atomic E-state index is 13.8. The Bertz CT molecular complexity index is 1430. The van der Waals surface area contributed by atoms with Gasteiger partial charge in [0.25, 0.3) is 0 Å². The molecule has 5 rings (SSSR count). The third-order valence-corrected chi connectivity index (χ3v) is 8.17. The van der Waals surface area contributed by atoms with Gasteiger partial charge in [-0.1, -0.05) is 31.2 Å². The smallest absolute Gasteiger partial charge is 0.235 e. The van der Waals surface area contributed by atoms with Crippen LogP contribution in [0.25, 0.3) is 11.1 Å². The summed E-state index contributed by atoms with van der Waals surface area (Å²) in [6.07, 6.45) is -1.66. The van der Waals surface area contributed by atoms with Crippen molar-refractivity contribution in [1.29, 1.82) is 0 Å². The predicted octanol–water partition coefficient (Wildman–Crippen LogP) is 0.338. The van der Waals surface area contributed by atoms with Gasteiger partial charge < -0.3 is 21.1 Å². The second-order valence-electron chi connectivity index (χ2n) is 9.97. The maximum Gasteiger partial charge on any atom is 0.235 e. The monoisotopic (exact) mass is 505 g/mol. The van der Waals surface area contributed by atoms with E-state index in [0.717, 1.165) is 0 Å². The number of phenols is 1. The van der Waals surface area contributed by atoms with Crippen LogP contribution in [-0.4, -0.2) is 62.4 Å². The molecule has 37 heavy (non-hydrogen) atoms. The number of rotatable bonds is 3. The number of phenolic OH excluding ortho intramolecular Hbond substituents is 1. The van der Waals surface area contributed by atoms with Crippen LogP contribution in [0.4, 0.5) is 0 Å². The lowest BCUT2D eigenvalue weighted by atomic mass is 9.50. The van der Waals surface area contributed by atoms with Gasteiger partial charge in [0.2, 0.25) is 5.91 Å². The molecule has 190 valence electrons. The number of aldehydes is 1. The van der Waals surface area contributed by atoms with Gasteiger partial charge >= 0.3 is 0 Å². The first-order chi connectivity index (χ1) is 17.4. The number of benzene rings is 2. The zero-order chi connectivity index (χ0) is 27.0. The third kappa shape index (κ3) is 3.19. The average Bonchev–Trinajstić information content (AvgIpc) is 2.86. The number of carbonyl (C=O) groups excluding carboxylic acids is 6. The molecule has 2 aromatic carbocycles. The second kappa shape index (κ2) is 8.25. The number of Topliss-reactive ketones (excluding diaryl/α,β-unsaturated/α-hetero) is 4. The molecule has 2 aromatic rings. The molecule has 0 heterocycles. The molecular formula is C27H23NO9. The Kier molecular flexibility index (Phi) is 5.50. The van der Waals surface area contributed by atoms with E-state index in [2.05, 4.69) is 0 Å². The Balaban J connectivity index is 1.70. The Hall–Kier alpha value is -4.02. The number of ketones is 4. The first-order valence-electron chi connectivity index (χ1n) is 11.7. The summed E-state index contributed by atoms with van der Waals surface area (Å²) in [5.41, 5.74) is 3.75. The molecule has 0 saturated heterocycles. The Morgan fingerprint density at radius 1 is 1.11 bits per heavy atom. The lowest BCUT2D eigenvalue weighted by molar-refractivity contribution is -0.189. The second-order valence-corrected chi connectivity index (χ2v) is 9.97. The van der Waals surface area contributed by atoms with Crippen LogP contribution in [0.5, 0.6) is 5.75 Å². The van der Waals surface area contributed by atoms with Crippen molar-refractivity contribution in [2.45, 2.75) is 31.0 Å². The molecule has 3 aliphatic carbocycles. The summed E-state index contributed by atoms with van der Waals surface area (Å²) >= 11 is 0. The molecule has 0 spiro atoms. The molecule has 2 saturated carbocycles. The van der Waals surface area contributed by atoms with Crippen molar-refractivity contribution in [3.05, 3.63) is 53.1 Å². The van der Waals surface area contributed by atoms with Gasteiger partial charge in [-0.15, -0.1) is 0 Å². The number of nitrogens with two attached hydrogens (primary N) is 1. The fraction of sp³-hybridized carbons (Fsp3) is 0.333. The SMILES string of the molecule is C[C@H]1c2c(-c3cccc(C=O)c3)ccc(O)c2C(=O)C2C(=O)[C@]3(O)C(=O)C(C(N)=O)C(=O)C[C@@H]3[C@@H](O)[C@@H]21. The molecule has 0 aromatic heterocycles. The highest BCUT2D eigenvalue weighted by Crippen LogP contribution is 2.55. The minimum Gasteiger partial charge on any atom is -0.507 e. The van der Waals surface area contributed by atoms with Crippen molar-refractivity contribution < 1.29 is 44.1 Å². The number of hydrogen-bond acceptors (Lipinski definition) is 9. The summed E-state index contributed by atoms with van der Waals surface area (Å²) in [7, 11) is 0. The summed E-state index contributed by atoms with van der Waals surface area (Å²) in [6, 6.07) is 9.35. The third-order valence-electron chi connectivity index (χ3n) is 8.17. The van der Waals surface area contributed by atoms with Gasteiger partial charge in [0.05, 0.1) is 17.6 Å². The first kappa shape index (κ1) is 24.7. The van der Waals surface area contributed by atoms with Gasteiger partial charge in [-0.2, -0.15) is 0 Å². The first-order valence-corrected chi connectivity index (χ1v) is 11.7. The number of hydrogen-bond donors (Lipinski definition) is 4. The van der Waals surface area contributed by atoms with Crippen molar-refractivity contribution in [2.24, 2.45) is 29.4 Å². The normalized spacial score (nSPS) is 32.8. The van der Waals surface area contributed by atoms with Crippen molar-refractivity contribution in [3.8, 4) is 16.9 Å². The quantitative estimate of drug-likeness (QED) is 0.337. The molecule has 1 amide bonds. The summed E-state index contributed by atoms with van der Waals surface area (Å²) in [5.74, 6) is -13.5. The molecule has 7 atom stereocenters. The summed E-state index contributed by atoms with van der Waals surface area (Å²) in [4.78, 5) is 76.2. The van der Waals surface area contributed by atoms with E-state index < -0.39 is 82.5 Å². The van der Waals surface area contributed by atoms with Crippen molar-refractivity contribution in [3.63, 3.8) is 0 Å². The number of primary amides is 1. The van der Waals surface area contributed by atoms with E-state index >= 15 is 0 Å².